The predicted octanol–water partition coefficient (Wildman–Crippen LogP) is 2.02. The topological polar surface area (TPSA) is 111 Å². The fourth-order valence-corrected chi connectivity index (χ4v) is 2.66. The Bertz CT molecular complexity index is 873. The van der Waals surface area contributed by atoms with Crippen LogP contribution in [0.2, 0.25) is 0 Å². The van der Waals surface area contributed by atoms with E-state index in [0.717, 1.165) is 36.8 Å². The Morgan fingerprint density at radius 1 is 1.19 bits per heavy atom. The third-order valence-corrected chi connectivity index (χ3v) is 4.47. The summed E-state index contributed by atoms with van der Waals surface area (Å²) in [5.41, 5.74) is 0.916. The van der Waals surface area contributed by atoms with Gasteiger partial charge < -0.3 is 14.5 Å². The van der Waals surface area contributed by atoms with Gasteiger partial charge in [0.2, 0.25) is 21.6 Å². The highest BCUT2D eigenvalue weighted by Crippen LogP contribution is 2.12. The number of nitrogens with one attached hydrogen (secondary N) is 1. The smallest absolute Gasteiger partial charge is 0.335 e. The van der Waals surface area contributed by atoms with Crippen molar-refractivity contribution >= 4 is 21.8 Å². The number of amides is 1. The van der Waals surface area contributed by atoms with E-state index in [0.29, 0.717) is 18.9 Å². The summed E-state index contributed by atoms with van der Waals surface area (Å²) >= 11 is 0. The average molecular weight is 393 g/mol. The van der Waals surface area contributed by atoms with Crippen molar-refractivity contribution in [3.63, 3.8) is 0 Å². The number of hydrogen-bond acceptors (Lipinski definition) is 7. The van der Waals surface area contributed by atoms with Crippen molar-refractivity contribution in [2.24, 2.45) is 0 Å². The molecule has 9 heteroatoms. The summed E-state index contributed by atoms with van der Waals surface area (Å²) in [6.07, 6.45) is 7.18. The molecule has 0 aliphatic rings. The molecule has 1 aromatic carbocycles. The molecule has 0 spiro atoms. The molecular weight excluding hydrogens is 370 g/mol. The second kappa shape index (κ2) is 9.86. The maximum absolute atomic E-state index is 11.8. The van der Waals surface area contributed by atoms with Crippen LogP contribution in [-0.2, 0) is 21.1 Å². The number of methoxy groups -OCH3 is 1. The lowest BCUT2D eigenvalue weighted by Gasteiger charge is -2.02. The number of unbranched alkanes of at least 4 members (excludes halogenated alkanes) is 2. The van der Waals surface area contributed by atoms with Crippen molar-refractivity contribution in [1.29, 1.82) is 0 Å². The molecule has 0 radical (unpaired) electrons. The molecule has 0 fully saturated rings. The predicted molar refractivity (Wildman–Crippen MR) is 100 cm³/mol. The largest absolute Gasteiger partial charge is 0.497 e. The van der Waals surface area contributed by atoms with E-state index in [9.17, 15) is 13.2 Å². The molecule has 2 aromatic rings. The molecule has 0 atom stereocenters. The van der Waals surface area contributed by atoms with E-state index >= 15 is 0 Å². The summed E-state index contributed by atoms with van der Waals surface area (Å²) in [6.45, 7) is 0.560. The minimum Gasteiger partial charge on any atom is -0.497 e. The number of rotatable bonds is 10. The van der Waals surface area contributed by atoms with Crippen LogP contribution in [0.25, 0.3) is 6.08 Å². The van der Waals surface area contributed by atoms with Crippen LogP contribution in [0.3, 0.4) is 0 Å². The van der Waals surface area contributed by atoms with Crippen molar-refractivity contribution in [3.05, 3.63) is 41.8 Å². The number of carbonyl (C=O) groups is 1. The van der Waals surface area contributed by atoms with Gasteiger partial charge in [0.05, 0.1) is 7.11 Å². The fraction of sp³-hybridized carbons (Fsp3) is 0.389. The zero-order valence-corrected chi connectivity index (χ0v) is 16.2. The second-order valence-electron chi connectivity index (χ2n) is 5.94. The standard InChI is InChI=1S/C18H23N3O5S/c1-25-15-10-7-14(8-11-15)9-12-16(22)19-13-5-3-4-6-17-20-21-18(26-17)27(2,23)24/h7-12H,3-6,13H2,1-2H3,(H,19,22)/b12-9+. The molecule has 0 aliphatic carbocycles. The van der Waals surface area contributed by atoms with Crippen LogP contribution in [0.1, 0.15) is 30.7 Å². The van der Waals surface area contributed by atoms with Crippen molar-refractivity contribution < 1.29 is 22.4 Å². The molecule has 146 valence electrons. The zero-order valence-electron chi connectivity index (χ0n) is 15.3. The number of carbonyl (C=O) groups excluding carboxylic acids is 1. The van der Waals surface area contributed by atoms with Crippen molar-refractivity contribution in [3.8, 4) is 5.75 Å². The minimum absolute atomic E-state index is 0.152. The van der Waals surface area contributed by atoms with E-state index in [4.69, 9.17) is 9.15 Å². The summed E-state index contributed by atoms with van der Waals surface area (Å²) in [6, 6.07) is 7.41. The van der Waals surface area contributed by atoms with Gasteiger partial charge in [-0.2, -0.15) is 0 Å². The van der Waals surface area contributed by atoms with E-state index in [-0.39, 0.29) is 11.1 Å². The summed E-state index contributed by atoms with van der Waals surface area (Å²) in [5, 5.41) is 9.68. The number of ether oxygens (including phenoxy) is 1. The first-order valence-corrected chi connectivity index (χ1v) is 10.4. The van der Waals surface area contributed by atoms with Gasteiger partial charge in [-0.25, -0.2) is 8.42 Å². The number of sulfone groups is 1. The molecule has 1 aromatic heterocycles. The number of hydrogen-bond donors (Lipinski definition) is 1. The third-order valence-electron chi connectivity index (χ3n) is 3.68. The van der Waals surface area contributed by atoms with Gasteiger partial charge >= 0.3 is 5.22 Å². The molecule has 27 heavy (non-hydrogen) atoms. The third kappa shape index (κ3) is 7.22. The molecule has 0 saturated carbocycles. The molecule has 0 saturated heterocycles. The van der Waals surface area contributed by atoms with Crippen LogP contribution in [-0.4, -0.2) is 44.4 Å². The second-order valence-corrected chi connectivity index (χ2v) is 7.84. The van der Waals surface area contributed by atoms with Gasteiger partial charge in [0.15, 0.2) is 0 Å². The molecule has 1 amide bonds. The molecule has 0 aliphatic heterocycles. The van der Waals surface area contributed by atoms with Crippen LogP contribution < -0.4 is 10.1 Å². The fourth-order valence-electron chi connectivity index (χ4n) is 2.22. The minimum atomic E-state index is -3.46. The van der Waals surface area contributed by atoms with Gasteiger partial charge in [-0.05, 0) is 36.6 Å². The molecular formula is C18H23N3O5S. The maximum atomic E-state index is 11.8. The molecule has 0 unspecified atom stereocenters. The first-order chi connectivity index (χ1) is 12.9. The monoisotopic (exact) mass is 393 g/mol. The lowest BCUT2D eigenvalue weighted by molar-refractivity contribution is -0.116. The Hall–Kier alpha value is -2.68. The van der Waals surface area contributed by atoms with E-state index < -0.39 is 9.84 Å². The molecule has 2 rings (SSSR count). The van der Waals surface area contributed by atoms with Gasteiger partial charge in [-0.3, -0.25) is 4.79 Å². The Kier molecular flexibility index (Phi) is 7.54. The van der Waals surface area contributed by atoms with E-state index in [1.54, 1.807) is 13.2 Å². The Balaban J connectivity index is 1.61. The van der Waals surface area contributed by atoms with Crippen LogP contribution in [0.4, 0.5) is 0 Å². The highest BCUT2D eigenvalue weighted by molar-refractivity contribution is 7.90. The van der Waals surface area contributed by atoms with E-state index in [1.165, 1.54) is 6.08 Å². The summed E-state index contributed by atoms with van der Waals surface area (Å²) in [7, 11) is -1.86. The number of nitrogens with zero attached hydrogens (tertiary/aromatic N) is 2. The lowest BCUT2D eigenvalue weighted by atomic mass is 10.2. The Labute approximate surface area is 158 Å². The van der Waals surface area contributed by atoms with Crippen LogP contribution >= 0.6 is 0 Å². The van der Waals surface area contributed by atoms with Gasteiger partial charge in [0.25, 0.3) is 0 Å². The summed E-state index contributed by atoms with van der Waals surface area (Å²) < 4.78 is 32.7. The van der Waals surface area contributed by atoms with E-state index in [1.807, 2.05) is 24.3 Å². The van der Waals surface area contributed by atoms with Crippen molar-refractivity contribution in [2.75, 3.05) is 19.9 Å². The number of aryl methyl sites for hydroxylation is 1. The van der Waals surface area contributed by atoms with Crippen LogP contribution in [0.5, 0.6) is 5.75 Å². The number of aromatic nitrogens is 2. The molecule has 1 heterocycles. The quantitative estimate of drug-likeness (QED) is 0.485. The van der Waals surface area contributed by atoms with E-state index in [2.05, 4.69) is 15.5 Å². The van der Waals surface area contributed by atoms with Gasteiger partial charge in [-0.15, -0.1) is 5.10 Å². The highest BCUT2D eigenvalue weighted by atomic mass is 32.2. The molecule has 1 N–H and O–H groups in total. The normalized spacial score (nSPS) is 11.6. The number of benzene rings is 1. The molecule has 0 bridgehead atoms. The highest BCUT2D eigenvalue weighted by Gasteiger charge is 2.15. The Morgan fingerprint density at radius 3 is 2.56 bits per heavy atom. The van der Waals surface area contributed by atoms with Gasteiger partial charge in [-0.1, -0.05) is 23.7 Å². The lowest BCUT2D eigenvalue weighted by Crippen LogP contribution is -2.21. The first-order valence-electron chi connectivity index (χ1n) is 8.51. The SMILES string of the molecule is COc1ccc(/C=C/C(=O)NCCCCCc2nnc(S(C)(=O)=O)o2)cc1. The summed E-state index contributed by atoms with van der Waals surface area (Å²) in [4.78, 5) is 11.8. The van der Waals surface area contributed by atoms with Gasteiger partial charge in [0.1, 0.15) is 5.75 Å². The van der Waals surface area contributed by atoms with Crippen molar-refractivity contribution in [2.45, 2.75) is 30.9 Å². The average Bonchev–Trinajstić information content (AvgIpc) is 3.12. The first kappa shape index (κ1) is 20.6. The zero-order chi connectivity index (χ0) is 19.7. The Morgan fingerprint density at radius 2 is 1.93 bits per heavy atom. The van der Waals surface area contributed by atoms with Crippen LogP contribution in [0, 0.1) is 0 Å². The van der Waals surface area contributed by atoms with Crippen LogP contribution in [0.15, 0.2) is 40.0 Å². The maximum Gasteiger partial charge on any atom is 0.335 e. The van der Waals surface area contributed by atoms with Gasteiger partial charge in [0, 0.05) is 25.3 Å². The summed E-state index contributed by atoms with van der Waals surface area (Å²) in [5.74, 6) is 0.923. The molecule has 8 nitrogen and oxygen atoms in total. The van der Waals surface area contributed by atoms with Crippen molar-refractivity contribution in [1.82, 2.24) is 15.5 Å².